The van der Waals surface area contributed by atoms with Crippen LogP contribution in [0.1, 0.15) is 22.6 Å². The van der Waals surface area contributed by atoms with Crippen LogP contribution >= 0.6 is 22.7 Å². The second-order valence-corrected chi connectivity index (χ2v) is 6.75. The minimum Gasteiger partial charge on any atom is -0.345 e. The Morgan fingerprint density at radius 3 is 2.84 bits per heavy atom. The fraction of sp³-hybridized carbons (Fsp3) is 0.500. The van der Waals surface area contributed by atoms with Crippen molar-refractivity contribution in [2.24, 2.45) is 5.73 Å². The normalized spacial score (nSPS) is 14.1. The molecule has 1 saturated heterocycles. The van der Waals surface area contributed by atoms with Gasteiger partial charge in [-0.15, -0.1) is 22.7 Å². The van der Waals surface area contributed by atoms with Crippen LogP contribution in [0.3, 0.4) is 0 Å². The minimum atomic E-state index is 0.781. The maximum absolute atomic E-state index is 5.54. The maximum atomic E-state index is 5.54. The molecule has 2 aromatic rings. The SMILES string of the molecule is NCCCc1csc(CCc2csc(N3CC3)n2)c1. The molecule has 1 aliphatic rings. The molecule has 3 rings (SSSR count). The summed E-state index contributed by atoms with van der Waals surface area (Å²) in [6.45, 7) is 3.15. The number of anilines is 1. The van der Waals surface area contributed by atoms with Gasteiger partial charge in [0.2, 0.25) is 0 Å². The van der Waals surface area contributed by atoms with Gasteiger partial charge in [-0.25, -0.2) is 4.98 Å². The second kappa shape index (κ2) is 6.03. The molecule has 1 fully saturated rings. The molecule has 0 aliphatic carbocycles. The third kappa shape index (κ3) is 3.55. The molecule has 19 heavy (non-hydrogen) atoms. The average Bonchev–Trinajstić information content (AvgIpc) is 3.01. The predicted octanol–water partition coefficient (Wildman–Crippen LogP) is 2.70. The molecule has 0 atom stereocenters. The number of aryl methyl sites for hydroxylation is 3. The molecule has 0 saturated carbocycles. The van der Waals surface area contributed by atoms with Crippen molar-refractivity contribution in [3.05, 3.63) is 33.0 Å². The number of thiazole rings is 1. The smallest absolute Gasteiger partial charge is 0.185 e. The van der Waals surface area contributed by atoms with E-state index in [4.69, 9.17) is 5.73 Å². The summed E-state index contributed by atoms with van der Waals surface area (Å²) in [4.78, 5) is 8.45. The number of thiophene rings is 1. The summed E-state index contributed by atoms with van der Waals surface area (Å²) in [5.41, 5.74) is 8.22. The molecule has 3 heterocycles. The van der Waals surface area contributed by atoms with Crippen molar-refractivity contribution in [2.75, 3.05) is 24.5 Å². The molecule has 2 aromatic heterocycles. The molecule has 5 heteroatoms. The van der Waals surface area contributed by atoms with Crippen LogP contribution in [0.4, 0.5) is 5.13 Å². The standard InChI is InChI=1S/C14H19N3S2/c15-5-1-2-11-8-13(18-9-11)4-3-12-10-19-14(16-12)17-6-7-17/h8-10H,1-7,15H2. The Labute approximate surface area is 122 Å². The molecule has 0 radical (unpaired) electrons. The highest BCUT2D eigenvalue weighted by atomic mass is 32.1. The Morgan fingerprint density at radius 2 is 2.05 bits per heavy atom. The first-order chi connectivity index (χ1) is 9.35. The van der Waals surface area contributed by atoms with E-state index >= 15 is 0 Å². The number of aromatic nitrogens is 1. The van der Waals surface area contributed by atoms with Crippen LogP contribution in [0.2, 0.25) is 0 Å². The lowest BCUT2D eigenvalue weighted by atomic mass is 10.1. The predicted molar refractivity (Wildman–Crippen MR) is 83.4 cm³/mol. The molecule has 1 aliphatic heterocycles. The van der Waals surface area contributed by atoms with E-state index in [1.54, 1.807) is 11.3 Å². The van der Waals surface area contributed by atoms with Gasteiger partial charge in [0, 0.05) is 23.3 Å². The first kappa shape index (κ1) is 13.1. The lowest BCUT2D eigenvalue weighted by Crippen LogP contribution is -1.99. The van der Waals surface area contributed by atoms with Gasteiger partial charge in [-0.3, -0.25) is 0 Å². The molecule has 102 valence electrons. The molecule has 2 N–H and O–H groups in total. The largest absolute Gasteiger partial charge is 0.345 e. The van der Waals surface area contributed by atoms with Crippen molar-refractivity contribution in [3.63, 3.8) is 0 Å². The van der Waals surface area contributed by atoms with Crippen LogP contribution < -0.4 is 10.6 Å². The number of hydrogen-bond donors (Lipinski definition) is 1. The van der Waals surface area contributed by atoms with E-state index in [0.29, 0.717) is 0 Å². The van der Waals surface area contributed by atoms with E-state index in [1.807, 2.05) is 11.3 Å². The van der Waals surface area contributed by atoms with Gasteiger partial charge in [0.25, 0.3) is 0 Å². The Balaban J connectivity index is 1.51. The average molecular weight is 293 g/mol. The molecule has 0 bridgehead atoms. The summed E-state index contributed by atoms with van der Waals surface area (Å²) in [7, 11) is 0. The molecular weight excluding hydrogens is 274 g/mol. The third-order valence-electron chi connectivity index (χ3n) is 3.26. The van der Waals surface area contributed by atoms with Crippen LogP contribution in [-0.2, 0) is 19.3 Å². The minimum absolute atomic E-state index is 0.781. The molecular formula is C14H19N3S2. The monoisotopic (exact) mass is 293 g/mol. The maximum Gasteiger partial charge on any atom is 0.185 e. The Kier molecular flexibility index (Phi) is 4.15. The molecule has 0 spiro atoms. The van der Waals surface area contributed by atoms with E-state index in [1.165, 1.54) is 34.4 Å². The van der Waals surface area contributed by atoms with Crippen LogP contribution in [0, 0.1) is 0 Å². The zero-order valence-electron chi connectivity index (χ0n) is 11.0. The number of nitrogens with zero attached hydrogens (tertiary/aromatic N) is 2. The zero-order chi connectivity index (χ0) is 13.1. The van der Waals surface area contributed by atoms with Crippen molar-refractivity contribution in [2.45, 2.75) is 25.7 Å². The van der Waals surface area contributed by atoms with Crippen molar-refractivity contribution >= 4 is 27.8 Å². The van der Waals surface area contributed by atoms with Gasteiger partial charge >= 0.3 is 0 Å². The quantitative estimate of drug-likeness (QED) is 0.798. The third-order valence-corrected chi connectivity index (χ3v) is 5.26. The van der Waals surface area contributed by atoms with Crippen LogP contribution in [0.15, 0.2) is 16.8 Å². The fourth-order valence-electron chi connectivity index (χ4n) is 2.04. The van der Waals surface area contributed by atoms with Gasteiger partial charge in [0.15, 0.2) is 5.13 Å². The summed E-state index contributed by atoms with van der Waals surface area (Å²) < 4.78 is 0. The summed E-state index contributed by atoms with van der Waals surface area (Å²) in [6, 6.07) is 2.33. The zero-order valence-corrected chi connectivity index (χ0v) is 12.6. The fourth-order valence-corrected chi connectivity index (χ4v) is 3.89. The van der Waals surface area contributed by atoms with E-state index in [2.05, 4.69) is 26.7 Å². The summed E-state index contributed by atoms with van der Waals surface area (Å²) in [5.74, 6) is 0. The van der Waals surface area contributed by atoms with Crippen LogP contribution in [-0.4, -0.2) is 24.6 Å². The van der Waals surface area contributed by atoms with Gasteiger partial charge in [-0.05, 0) is 49.2 Å². The summed E-state index contributed by atoms with van der Waals surface area (Å²) in [5, 5.41) is 5.68. The van der Waals surface area contributed by atoms with Gasteiger partial charge < -0.3 is 10.6 Å². The van der Waals surface area contributed by atoms with E-state index in [0.717, 1.165) is 32.2 Å². The summed E-state index contributed by atoms with van der Waals surface area (Å²) in [6.07, 6.45) is 4.36. The van der Waals surface area contributed by atoms with Gasteiger partial charge in [-0.1, -0.05) is 0 Å². The highest BCUT2D eigenvalue weighted by molar-refractivity contribution is 7.13. The van der Waals surface area contributed by atoms with E-state index < -0.39 is 0 Å². The lowest BCUT2D eigenvalue weighted by molar-refractivity contribution is 0.833. The van der Waals surface area contributed by atoms with Crippen LogP contribution in [0.25, 0.3) is 0 Å². The van der Waals surface area contributed by atoms with Crippen molar-refractivity contribution < 1.29 is 0 Å². The second-order valence-electron chi connectivity index (χ2n) is 4.92. The Morgan fingerprint density at radius 1 is 1.16 bits per heavy atom. The highest BCUT2D eigenvalue weighted by Gasteiger charge is 2.20. The first-order valence-corrected chi connectivity index (χ1v) is 8.57. The van der Waals surface area contributed by atoms with E-state index in [-0.39, 0.29) is 0 Å². The van der Waals surface area contributed by atoms with E-state index in [9.17, 15) is 0 Å². The van der Waals surface area contributed by atoms with Crippen molar-refractivity contribution in [1.29, 1.82) is 0 Å². The summed E-state index contributed by atoms with van der Waals surface area (Å²) >= 11 is 3.64. The van der Waals surface area contributed by atoms with Gasteiger partial charge in [0.05, 0.1) is 5.69 Å². The lowest BCUT2D eigenvalue weighted by Gasteiger charge is -1.96. The molecule has 3 nitrogen and oxygen atoms in total. The molecule has 0 unspecified atom stereocenters. The number of hydrogen-bond acceptors (Lipinski definition) is 5. The van der Waals surface area contributed by atoms with Crippen molar-refractivity contribution in [3.8, 4) is 0 Å². The topological polar surface area (TPSA) is 41.9 Å². The Bertz CT molecular complexity index is 528. The van der Waals surface area contributed by atoms with Gasteiger partial charge in [0.1, 0.15) is 0 Å². The molecule has 0 amide bonds. The molecule has 0 aromatic carbocycles. The number of nitrogens with two attached hydrogens (primary N) is 1. The van der Waals surface area contributed by atoms with Crippen molar-refractivity contribution in [1.82, 2.24) is 4.98 Å². The highest BCUT2D eigenvalue weighted by Crippen LogP contribution is 2.26. The Hall–Kier alpha value is -0.910. The van der Waals surface area contributed by atoms with Crippen LogP contribution in [0.5, 0.6) is 0 Å². The number of rotatable bonds is 7. The first-order valence-electron chi connectivity index (χ1n) is 6.81. The van der Waals surface area contributed by atoms with Gasteiger partial charge in [-0.2, -0.15) is 0 Å².